The summed E-state index contributed by atoms with van der Waals surface area (Å²) in [6.45, 7) is 1.61. The maximum Gasteiger partial charge on any atom is 0.263 e. The smallest absolute Gasteiger partial charge is 0.263 e. The largest absolute Gasteiger partial charge is 0.481 e. The summed E-state index contributed by atoms with van der Waals surface area (Å²) in [6, 6.07) is 10.3. The number of benzene rings is 1. The summed E-state index contributed by atoms with van der Waals surface area (Å²) in [5.41, 5.74) is 16.7. The van der Waals surface area contributed by atoms with E-state index in [0.717, 1.165) is 37.7 Å². The van der Waals surface area contributed by atoms with Crippen LogP contribution in [0.1, 0.15) is 27.2 Å². The van der Waals surface area contributed by atoms with Crippen LogP contribution >= 0.6 is 11.3 Å². The molecule has 1 aliphatic heterocycles. The minimum atomic E-state index is -0.142. The first-order valence-corrected chi connectivity index (χ1v) is 12.0. The molecule has 8 nitrogen and oxygen atoms in total. The molecule has 1 fully saturated rings. The van der Waals surface area contributed by atoms with Gasteiger partial charge in [0.05, 0.1) is 24.9 Å². The number of nitrogens with zero attached hydrogens (tertiary/aromatic N) is 2. The van der Waals surface area contributed by atoms with Gasteiger partial charge in [0, 0.05) is 43.4 Å². The highest BCUT2D eigenvalue weighted by Gasteiger charge is 2.31. The number of carbonyl (C=O) groups excluding carboxylic acids is 1. The Morgan fingerprint density at radius 2 is 2.06 bits per heavy atom. The molecule has 3 atom stereocenters. The quantitative estimate of drug-likeness (QED) is 0.527. The average molecular weight is 468 g/mol. The summed E-state index contributed by atoms with van der Waals surface area (Å²) in [4.78, 5) is 20.9. The molecule has 1 amide bonds. The predicted molar refractivity (Wildman–Crippen MR) is 131 cm³/mol. The lowest BCUT2D eigenvalue weighted by atomic mass is 9.87. The van der Waals surface area contributed by atoms with E-state index in [9.17, 15) is 4.79 Å². The second kappa shape index (κ2) is 8.81. The molecule has 0 spiro atoms. The Kier molecular flexibility index (Phi) is 5.86. The van der Waals surface area contributed by atoms with E-state index in [-0.39, 0.29) is 24.1 Å². The van der Waals surface area contributed by atoms with E-state index in [0.29, 0.717) is 21.3 Å². The third-order valence-corrected chi connectivity index (χ3v) is 7.83. The summed E-state index contributed by atoms with van der Waals surface area (Å²) in [6.07, 6.45) is 2.68. The van der Waals surface area contributed by atoms with Gasteiger partial charge in [-0.3, -0.25) is 4.79 Å². The van der Waals surface area contributed by atoms with Crippen molar-refractivity contribution >= 4 is 38.8 Å². The molecule has 2 aromatic heterocycles. The number of fused-ring (bicyclic) bond motifs is 2. The van der Waals surface area contributed by atoms with Crippen molar-refractivity contribution in [2.75, 3.05) is 37.9 Å². The van der Waals surface area contributed by atoms with Crippen molar-refractivity contribution in [2.45, 2.75) is 37.5 Å². The zero-order chi connectivity index (χ0) is 23.1. The van der Waals surface area contributed by atoms with Crippen LogP contribution in [-0.4, -0.2) is 56.4 Å². The SMILES string of the molecule is COc1ccc2c(N)c(C(=O)N[C@H]3CCc4cc(N5C[C@H](OC)[C@@H](N)C5)ccc4C3)sc2n1. The number of rotatable bonds is 5. The Balaban J connectivity index is 1.28. The number of hydrogen-bond acceptors (Lipinski definition) is 8. The summed E-state index contributed by atoms with van der Waals surface area (Å²) >= 11 is 1.30. The van der Waals surface area contributed by atoms with Crippen molar-refractivity contribution in [2.24, 2.45) is 5.73 Å². The number of anilines is 2. The number of nitrogen functional groups attached to an aromatic ring is 1. The van der Waals surface area contributed by atoms with Gasteiger partial charge in [-0.25, -0.2) is 4.98 Å². The Labute approximate surface area is 196 Å². The number of thiophene rings is 1. The second-order valence-electron chi connectivity index (χ2n) is 8.76. The molecule has 1 saturated heterocycles. The van der Waals surface area contributed by atoms with Gasteiger partial charge in [0.15, 0.2) is 0 Å². The van der Waals surface area contributed by atoms with Crippen LogP contribution in [0.4, 0.5) is 11.4 Å². The van der Waals surface area contributed by atoms with Gasteiger partial charge in [-0.05, 0) is 48.6 Å². The molecule has 33 heavy (non-hydrogen) atoms. The van der Waals surface area contributed by atoms with E-state index < -0.39 is 0 Å². The average Bonchev–Trinajstić information content (AvgIpc) is 3.37. The van der Waals surface area contributed by atoms with Crippen molar-refractivity contribution in [3.05, 3.63) is 46.3 Å². The van der Waals surface area contributed by atoms with Crippen LogP contribution in [0, 0.1) is 0 Å². The molecule has 9 heteroatoms. The van der Waals surface area contributed by atoms with Crippen molar-refractivity contribution < 1.29 is 14.3 Å². The number of ether oxygens (including phenoxy) is 2. The molecule has 5 rings (SSSR count). The van der Waals surface area contributed by atoms with Crippen LogP contribution in [0.25, 0.3) is 10.2 Å². The van der Waals surface area contributed by atoms with Gasteiger partial charge >= 0.3 is 0 Å². The van der Waals surface area contributed by atoms with Gasteiger partial charge < -0.3 is 31.2 Å². The first-order valence-electron chi connectivity index (χ1n) is 11.2. The molecule has 1 aromatic carbocycles. The highest BCUT2D eigenvalue weighted by molar-refractivity contribution is 7.21. The lowest BCUT2D eigenvalue weighted by molar-refractivity contribution is 0.0938. The number of aryl methyl sites for hydroxylation is 1. The van der Waals surface area contributed by atoms with Crippen molar-refractivity contribution in [3.8, 4) is 5.88 Å². The molecule has 0 bridgehead atoms. The minimum Gasteiger partial charge on any atom is -0.481 e. The molecule has 0 unspecified atom stereocenters. The number of methoxy groups -OCH3 is 2. The van der Waals surface area contributed by atoms with Crippen LogP contribution in [0.5, 0.6) is 5.88 Å². The molecule has 0 radical (unpaired) electrons. The highest BCUT2D eigenvalue weighted by atomic mass is 32.1. The molecule has 0 saturated carbocycles. The molecule has 2 aliphatic rings. The van der Waals surface area contributed by atoms with Gasteiger partial charge in [-0.15, -0.1) is 11.3 Å². The van der Waals surface area contributed by atoms with Crippen LogP contribution in [0.2, 0.25) is 0 Å². The van der Waals surface area contributed by atoms with Crippen LogP contribution in [0.3, 0.4) is 0 Å². The fourth-order valence-electron chi connectivity index (χ4n) is 4.83. The van der Waals surface area contributed by atoms with Gasteiger partial charge in [0.2, 0.25) is 5.88 Å². The lowest BCUT2D eigenvalue weighted by Crippen LogP contribution is -2.38. The molecule has 1 aliphatic carbocycles. The highest BCUT2D eigenvalue weighted by Crippen LogP contribution is 2.34. The number of carbonyl (C=O) groups is 1. The topological polar surface area (TPSA) is 116 Å². The van der Waals surface area contributed by atoms with E-state index in [1.165, 1.54) is 28.2 Å². The van der Waals surface area contributed by atoms with Crippen molar-refractivity contribution in [1.82, 2.24) is 10.3 Å². The normalized spacial score (nSPS) is 22.4. The standard InChI is InChI=1S/C24H29N5O3S/c1-31-19-12-29(11-18(19)25)16-6-4-13-9-15(5-3-14(13)10-16)27-23(30)22-21(26)17-7-8-20(32-2)28-24(17)33-22/h4,6-8,10,15,18-19H,3,5,9,11-12,25-26H2,1-2H3,(H,27,30)/t15-,18-,19-/m0/s1. The monoisotopic (exact) mass is 467 g/mol. The van der Waals surface area contributed by atoms with Crippen molar-refractivity contribution in [3.63, 3.8) is 0 Å². The Morgan fingerprint density at radius 1 is 1.21 bits per heavy atom. The van der Waals surface area contributed by atoms with Gasteiger partial charge in [-0.2, -0.15) is 0 Å². The van der Waals surface area contributed by atoms with E-state index >= 15 is 0 Å². The number of nitrogens with one attached hydrogen (secondary N) is 1. The molecule has 174 valence electrons. The van der Waals surface area contributed by atoms with Gasteiger partial charge in [0.1, 0.15) is 9.71 Å². The van der Waals surface area contributed by atoms with Gasteiger partial charge in [0.25, 0.3) is 5.91 Å². The molecular weight excluding hydrogens is 438 g/mol. The summed E-state index contributed by atoms with van der Waals surface area (Å²) < 4.78 is 10.7. The lowest BCUT2D eigenvalue weighted by Gasteiger charge is -2.27. The Hall–Kier alpha value is -2.88. The van der Waals surface area contributed by atoms with Gasteiger partial charge in [-0.1, -0.05) is 6.07 Å². The maximum atomic E-state index is 13.0. The third-order valence-electron chi connectivity index (χ3n) is 6.71. The Bertz CT molecular complexity index is 1200. The first-order chi connectivity index (χ1) is 16.0. The zero-order valence-electron chi connectivity index (χ0n) is 18.8. The number of nitrogens with two attached hydrogens (primary N) is 2. The summed E-state index contributed by atoms with van der Waals surface area (Å²) in [7, 11) is 3.29. The first kappa shape index (κ1) is 21.9. The van der Waals surface area contributed by atoms with Crippen LogP contribution in [0.15, 0.2) is 30.3 Å². The molecule has 5 N–H and O–H groups in total. The van der Waals surface area contributed by atoms with E-state index in [1.54, 1.807) is 20.3 Å². The number of pyridine rings is 1. The number of aromatic nitrogens is 1. The third kappa shape index (κ3) is 4.12. The second-order valence-corrected chi connectivity index (χ2v) is 9.76. The number of amides is 1. The van der Waals surface area contributed by atoms with E-state index in [1.807, 2.05) is 6.07 Å². The van der Waals surface area contributed by atoms with Crippen LogP contribution in [-0.2, 0) is 17.6 Å². The minimum absolute atomic E-state index is 0.0308. The van der Waals surface area contributed by atoms with Crippen molar-refractivity contribution in [1.29, 1.82) is 0 Å². The van der Waals surface area contributed by atoms with E-state index in [2.05, 4.69) is 33.4 Å². The molecule has 3 heterocycles. The van der Waals surface area contributed by atoms with E-state index in [4.69, 9.17) is 20.9 Å². The maximum absolute atomic E-state index is 13.0. The Morgan fingerprint density at radius 3 is 2.82 bits per heavy atom. The molecular formula is C24H29N5O3S. The number of hydrogen-bond donors (Lipinski definition) is 3. The zero-order valence-corrected chi connectivity index (χ0v) is 19.7. The summed E-state index contributed by atoms with van der Waals surface area (Å²) in [5, 5.41) is 3.97. The molecule has 3 aromatic rings. The fourth-order valence-corrected chi connectivity index (χ4v) is 5.82. The predicted octanol–water partition coefficient (Wildman–Crippen LogP) is 2.34. The van der Waals surface area contributed by atoms with Crippen LogP contribution < -0.4 is 26.4 Å². The fraction of sp³-hybridized carbons (Fsp3) is 0.417. The summed E-state index contributed by atoms with van der Waals surface area (Å²) in [5.74, 6) is 0.365.